The molecule has 0 atom stereocenters. The van der Waals surface area contributed by atoms with Crippen LogP contribution in [0.25, 0.3) is 6.08 Å². The lowest BCUT2D eigenvalue weighted by Crippen LogP contribution is -2.06. The highest BCUT2D eigenvalue weighted by Gasteiger charge is 2.26. The summed E-state index contributed by atoms with van der Waals surface area (Å²) in [5.41, 5.74) is 3.19. The molecule has 0 spiro atoms. The van der Waals surface area contributed by atoms with E-state index in [1.807, 2.05) is 42.5 Å². The van der Waals surface area contributed by atoms with Crippen LogP contribution in [0.1, 0.15) is 16.7 Å². The molecule has 0 unspecified atom stereocenters. The average Bonchev–Trinajstić information content (AvgIpc) is 3.08. The summed E-state index contributed by atoms with van der Waals surface area (Å²) in [5.74, 6) is -0.180. The van der Waals surface area contributed by atoms with Crippen LogP contribution in [-0.4, -0.2) is 11.7 Å². The highest BCUT2D eigenvalue weighted by molar-refractivity contribution is 6.31. The molecule has 28 heavy (non-hydrogen) atoms. The topological polar surface area (TPSA) is 47.9 Å². The van der Waals surface area contributed by atoms with E-state index in [1.165, 1.54) is 12.1 Å². The summed E-state index contributed by atoms with van der Waals surface area (Å²) in [7, 11) is 0. The smallest absolute Gasteiger partial charge is 0.368 e. The summed E-state index contributed by atoms with van der Waals surface area (Å²) in [6.45, 7) is 0.247. The molecule has 0 aromatic heterocycles. The highest BCUT2D eigenvalue weighted by atomic mass is 19.1. The van der Waals surface area contributed by atoms with Crippen LogP contribution < -0.4 is 4.74 Å². The summed E-state index contributed by atoms with van der Waals surface area (Å²) < 4.78 is 19.0. The molecule has 0 saturated heterocycles. The summed E-state index contributed by atoms with van der Waals surface area (Å²) >= 11 is 0. The lowest BCUT2D eigenvalue weighted by molar-refractivity contribution is -0.136. The molecule has 0 radical (unpaired) electrons. The molecule has 0 saturated carbocycles. The number of carbonyl (C=O) groups excluding carboxylic acids is 1. The van der Waals surface area contributed by atoms with Crippen molar-refractivity contribution in [3.05, 3.63) is 107 Å². The Balaban J connectivity index is 1.55. The molecule has 5 heteroatoms. The Labute approximate surface area is 161 Å². The van der Waals surface area contributed by atoms with Crippen molar-refractivity contribution in [1.82, 2.24) is 0 Å². The number of halogens is 1. The molecule has 4 nitrogen and oxygen atoms in total. The third-order valence-corrected chi connectivity index (χ3v) is 4.21. The molecule has 138 valence electrons. The van der Waals surface area contributed by atoms with Crippen LogP contribution in [0.5, 0.6) is 5.75 Å². The summed E-state index contributed by atoms with van der Waals surface area (Å²) in [6, 6.07) is 22.9. The number of ether oxygens (including phenoxy) is 1. The Hall–Kier alpha value is -3.73. The van der Waals surface area contributed by atoms with E-state index in [9.17, 15) is 9.18 Å². The third-order valence-electron chi connectivity index (χ3n) is 4.21. The molecule has 0 bridgehead atoms. The normalized spacial score (nSPS) is 14.7. The maximum Gasteiger partial charge on any atom is 0.368 e. The predicted octanol–water partition coefficient (Wildman–Crippen LogP) is 4.75. The van der Waals surface area contributed by atoms with E-state index in [2.05, 4.69) is 5.16 Å². The molecule has 0 amide bonds. The van der Waals surface area contributed by atoms with Gasteiger partial charge in [0, 0.05) is 5.56 Å². The van der Waals surface area contributed by atoms with Gasteiger partial charge in [-0.2, -0.15) is 0 Å². The van der Waals surface area contributed by atoms with E-state index < -0.39 is 5.97 Å². The molecular formula is C23H16FNO3. The number of oxime groups is 1. The van der Waals surface area contributed by atoms with Gasteiger partial charge >= 0.3 is 5.97 Å². The first-order chi connectivity index (χ1) is 13.7. The molecule has 1 aliphatic heterocycles. The number of carbonyl (C=O) groups is 1. The third kappa shape index (κ3) is 3.99. The largest absolute Gasteiger partial charge is 0.489 e. The number of benzene rings is 3. The zero-order chi connectivity index (χ0) is 19.3. The maximum atomic E-state index is 13.3. The van der Waals surface area contributed by atoms with Gasteiger partial charge < -0.3 is 9.57 Å². The fourth-order valence-corrected chi connectivity index (χ4v) is 2.87. The Kier molecular flexibility index (Phi) is 4.97. The highest BCUT2D eigenvalue weighted by Crippen LogP contribution is 2.23. The van der Waals surface area contributed by atoms with E-state index in [0.29, 0.717) is 17.0 Å². The number of rotatable bonds is 5. The van der Waals surface area contributed by atoms with Gasteiger partial charge in [-0.15, -0.1) is 0 Å². The van der Waals surface area contributed by atoms with Crippen LogP contribution in [0.3, 0.4) is 0 Å². The van der Waals surface area contributed by atoms with Gasteiger partial charge in [0.1, 0.15) is 23.9 Å². The van der Waals surface area contributed by atoms with E-state index in [-0.39, 0.29) is 12.4 Å². The Morgan fingerprint density at radius 1 is 0.964 bits per heavy atom. The van der Waals surface area contributed by atoms with Gasteiger partial charge in [-0.1, -0.05) is 59.8 Å². The minimum absolute atomic E-state index is 0.247. The molecule has 4 rings (SSSR count). The molecular weight excluding hydrogens is 357 g/mol. The van der Waals surface area contributed by atoms with Crippen molar-refractivity contribution in [2.75, 3.05) is 0 Å². The Morgan fingerprint density at radius 3 is 2.61 bits per heavy atom. The van der Waals surface area contributed by atoms with Crippen LogP contribution >= 0.6 is 0 Å². The predicted molar refractivity (Wildman–Crippen MR) is 104 cm³/mol. The van der Waals surface area contributed by atoms with E-state index >= 15 is 0 Å². The second-order valence-electron chi connectivity index (χ2n) is 6.23. The lowest BCUT2D eigenvalue weighted by Gasteiger charge is -2.07. The monoisotopic (exact) mass is 373 g/mol. The van der Waals surface area contributed by atoms with Crippen LogP contribution in [0, 0.1) is 5.82 Å². The van der Waals surface area contributed by atoms with Gasteiger partial charge in [-0.3, -0.25) is 0 Å². The van der Waals surface area contributed by atoms with Crippen LogP contribution in [0.2, 0.25) is 0 Å². The second kappa shape index (κ2) is 7.88. The molecule has 1 aliphatic rings. The molecule has 0 fully saturated rings. The molecule has 1 heterocycles. The fourth-order valence-electron chi connectivity index (χ4n) is 2.87. The number of nitrogens with zero attached hydrogens (tertiary/aromatic N) is 1. The Morgan fingerprint density at radius 2 is 1.79 bits per heavy atom. The quantitative estimate of drug-likeness (QED) is 0.479. The van der Waals surface area contributed by atoms with Crippen molar-refractivity contribution in [2.24, 2.45) is 5.16 Å². The van der Waals surface area contributed by atoms with E-state index in [0.717, 1.165) is 16.7 Å². The standard InChI is InChI=1S/C23H16FNO3/c24-19-10-4-7-17(12-19)15-27-20-11-5-6-16(13-20)14-21-22(25-28-23(21)26)18-8-2-1-3-9-18/h1-14H,15H2/b21-14+. The zero-order valence-corrected chi connectivity index (χ0v) is 14.8. The van der Waals surface area contributed by atoms with Crippen molar-refractivity contribution < 1.29 is 18.8 Å². The molecule has 3 aromatic rings. The van der Waals surface area contributed by atoms with Gasteiger partial charge in [0.05, 0.1) is 5.57 Å². The van der Waals surface area contributed by atoms with Crippen molar-refractivity contribution in [3.8, 4) is 5.75 Å². The molecule has 0 aliphatic carbocycles. The number of hydrogen-bond acceptors (Lipinski definition) is 4. The summed E-state index contributed by atoms with van der Waals surface area (Å²) in [4.78, 5) is 17.0. The average molecular weight is 373 g/mol. The van der Waals surface area contributed by atoms with Gasteiger partial charge in [0.25, 0.3) is 0 Å². The second-order valence-corrected chi connectivity index (χ2v) is 6.23. The van der Waals surface area contributed by atoms with Crippen molar-refractivity contribution in [1.29, 1.82) is 0 Å². The van der Waals surface area contributed by atoms with Crippen molar-refractivity contribution >= 4 is 17.8 Å². The van der Waals surface area contributed by atoms with Crippen LogP contribution in [0.15, 0.2) is 89.6 Å². The van der Waals surface area contributed by atoms with Crippen molar-refractivity contribution in [2.45, 2.75) is 6.61 Å². The lowest BCUT2D eigenvalue weighted by atomic mass is 10.0. The number of hydrogen-bond donors (Lipinski definition) is 0. The van der Waals surface area contributed by atoms with Crippen LogP contribution in [-0.2, 0) is 16.2 Å². The summed E-state index contributed by atoms with van der Waals surface area (Å²) in [5, 5.41) is 3.90. The van der Waals surface area contributed by atoms with Crippen molar-refractivity contribution in [3.63, 3.8) is 0 Å². The first-order valence-corrected chi connectivity index (χ1v) is 8.73. The van der Waals surface area contributed by atoms with Crippen LogP contribution in [0.4, 0.5) is 4.39 Å². The SMILES string of the molecule is O=C1ON=C(c2ccccc2)/C1=C\c1cccc(OCc2cccc(F)c2)c1. The Bertz CT molecular complexity index is 1070. The fraction of sp³-hybridized carbons (Fsp3) is 0.0435. The molecule has 0 N–H and O–H groups in total. The molecule has 3 aromatic carbocycles. The van der Waals surface area contributed by atoms with E-state index in [4.69, 9.17) is 9.57 Å². The van der Waals surface area contributed by atoms with E-state index in [1.54, 1.807) is 30.3 Å². The zero-order valence-electron chi connectivity index (χ0n) is 14.8. The first kappa shape index (κ1) is 17.7. The van der Waals surface area contributed by atoms with Gasteiger partial charge in [-0.25, -0.2) is 9.18 Å². The minimum Gasteiger partial charge on any atom is -0.489 e. The minimum atomic E-state index is -0.495. The first-order valence-electron chi connectivity index (χ1n) is 8.73. The summed E-state index contributed by atoms with van der Waals surface area (Å²) in [6.07, 6.45) is 1.72. The van der Waals surface area contributed by atoms with Gasteiger partial charge in [-0.05, 0) is 41.5 Å². The van der Waals surface area contributed by atoms with Gasteiger partial charge in [0.2, 0.25) is 0 Å². The maximum absolute atomic E-state index is 13.3. The van der Waals surface area contributed by atoms with Gasteiger partial charge in [0.15, 0.2) is 0 Å².